The second-order valence-corrected chi connectivity index (χ2v) is 3.08. The van der Waals surface area contributed by atoms with Gasteiger partial charge in [-0.25, -0.2) is 4.79 Å². The third-order valence-corrected chi connectivity index (χ3v) is 1.75. The van der Waals surface area contributed by atoms with E-state index in [9.17, 15) is 18.0 Å². The van der Waals surface area contributed by atoms with Crippen LogP contribution >= 0.6 is 0 Å². The number of nitrogens with one attached hydrogen (secondary N) is 1. The van der Waals surface area contributed by atoms with E-state index in [1.165, 1.54) is 12.1 Å². The monoisotopic (exact) mass is 234 g/mol. The van der Waals surface area contributed by atoms with Crippen molar-refractivity contribution in [2.24, 2.45) is 0 Å². The fraction of sp³-hybridized carbons (Fsp3) is 0.222. The number of alkyl halides is 3. The minimum absolute atomic E-state index is 0.112. The highest BCUT2D eigenvalue weighted by atomic mass is 19.4. The SMILES string of the molecule is Nc1ccc(NCC(F)(F)F)c(C(=O)O)c1. The number of carbonyl (C=O) groups is 1. The number of anilines is 2. The van der Waals surface area contributed by atoms with E-state index in [2.05, 4.69) is 0 Å². The molecule has 4 N–H and O–H groups in total. The summed E-state index contributed by atoms with van der Waals surface area (Å²) in [5.41, 5.74) is 5.11. The summed E-state index contributed by atoms with van der Waals surface area (Å²) in [6, 6.07) is 3.62. The van der Waals surface area contributed by atoms with Crippen molar-refractivity contribution in [3.63, 3.8) is 0 Å². The number of nitrogens with two attached hydrogens (primary N) is 1. The first kappa shape index (κ1) is 12.2. The first-order chi connectivity index (χ1) is 7.29. The van der Waals surface area contributed by atoms with Crippen molar-refractivity contribution in [1.29, 1.82) is 0 Å². The van der Waals surface area contributed by atoms with Gasteiger partial charge in [-0.2, -0.15) is 13.2 Å². The predicted molar refractivity (Wildman–Crippen MR) is 52.4 cm³/mol. The molecule has 0 bridgehead atoms. The minimum atomic E-state index is -4.41. The average Bonchev–Trinajstić information content (AvgIpc) is 2.14. The van der Waals surface area contributed by atoms with Gasteiger partial charge in [0.05, 0.1) is 5.56 Å². The fourth-order valence-electron chi connectivity index (χ4n) is 1.09. The molecule has 0 aliphatic carbocycles. The van der Waals surface area contributed by atoms with Crippen LogP contribution in [0.5, 0.6) is 0 Å². The molecule has 0 saturated carbocycles. The third kappa shape index (κ3) is 3.34. The topological polar surface area (TPSA) is 75.3 Å². The summed E-state index contributed by atoms with van der Waals surface area (Å²) >= 11 is 0. The Hall–Kier alpha value is -1.92. The van der Waals surface area contributed by atoms with E-state index >= 15 is 0 Å². The zero-order valence-electron chi connectivity index (χ0n) is 8.01. The number of aromatic carboxylic acids is 1. The van der Waals surface area contributed by atoms with E-state index in [4.69, 9.17) is 10.8 Å². The Kier molecular flexibility index (Phi) is 3.26. The van der Waals surface area contributed by atoms with Crippen molar-refractivity contribution in [3.8, 4) is 0 Å². The maximum Gasteiger partial charge on any atom is 0.405 e. The Balaban J connectivity index is 2.91. The molecule has 1 rings (SSSR count). The van der Waals surface area contributed by atoms with Gasteiger partial charge in [-0.3, -0.25) is 0 Å². The van der Waals surface area contributed by atoms with Crippen LogP contribution < -0.4 is 11.1 Å². The molecule has 0 aliphatic heterocycles. The highest BCUT2D eigenvalue weighted by Crippen LogP contribution is 2.21. The summed E-state index contributed by atoms with van der Waals surface area (Å²) in [7, 11) is 0. The molecule has 1 aromatic carbocycles. The van der Waals surface area contributed by atoms with E-state index in [-0.39, 0.29) is 16.9 Å². The zero-order chi connectivity index (χ0) is 12.3. The molecule has 0 saturated heterocycles. The Morgan fingerprint density at radius 1 is 1.44 bits per heavy atom. The number of benzene rings is 1. The normalized spacial score (nSPS) is 11.2. The molecule has 0 spiro atoms. The lowest BCUT2D eigenvalue weighted by molar-refractivity contribution is -0.115. The molecule has 16 heavy (non-hydrogen) atoms. The molecule has 0 radical (unpaired) electrons. The third-order valence-electron chi connectivity index (χ3n) is 1.75. The van der Waals surface area contributed by atoms with Crippen molar-refractivity contribution in [1.82, 2.24) is 0 Å². The number of rotatable bonds is 3. The maximum absolute atomic E-state index is 11.9. The lowest BCUT2D eigenvalue weighted by Crippen LogP contribution is -2.22. The zero-order valence-corrected chi connectivity index (χ0v) is 8.01. The standard InChI is InChI=1S/C9H9F3N2O2/c10-9(11,12)4-14-7-2-1-5(13)3-6(7)8(15)16/h1-3,14H,4,13H2,(H,15,16). The van der Waals surface area contributed by atoms with Gasteiger partial charge < -0.3 is 16.2 Å². The Bertz CT molecular complexity index is 404. The molecule has 1 aromatic rings. The molecule has 0 atom stereocenters. The number of hydrogen-bond acceptors (Lipinski definition) is 3. The lowest BCUT2D eigenvalue weighted by Gasteiger charge is -2.12. The van der Waals surface area contributed by atoms with Gasteiger partial charge in [0.25, 0.3) is 0 Å². The van der Waals surface area contributed by atoms with Crippen molar-refractivity contribution in [2.45, 2.75) is 6.18 Å². The summed E-state index contributed by atoms with van der Waals surface area (Å²) in [5.74, 6) is -1.34. The van der Waals surface area contributed by atoms with Gasteiger partial charge in [0, 0.05) is 11.4 Å². The number of halogens is 3. The Morgan fingerprint density at radius 3 is 2.56 bits per heavy atom. The van der Waals surface area contributed by atoms with E-state index < -0.39 is 18.7 Å². The van der Waals surface area contributed by atoms with E-state index in [1.54, 1.807) is 0 Å². The average molecular weight is 234 g/mol. The molecule has 0 aromatic heterocycles. The Morgan fingerprint density at radius 2 is 2.06 bits per heavy atom. The van der Waals surface area contributed by atoms with Gasteiger partial charge in [0.1, 0.15) is 6.54 Å². The van der Waals surface area contributed by atoms with Crippen LogP contribution in [0.4, 0.5) is 24.5 Å². The van der Waals surface area contributed by atoms with Crippen molar-refractivity contribution < 1.29 is 23.1 Å². The number of carboxylic acid groups (broad SMARTS) is 1. The van der Waals surface area contributed by atoms with E-state index in [0.29, 0.717) is 0 Å². The second-order valence-electron chi connectivity index (χ2n) is 3.08. The lowest BCUT2D eigenvalue weighted by atomic mass is 10.1. The van der Waals surface area contributed by atoms with Crippen molar-refractivity contribution in [3.05, 3.63) is 23.8 Å². The number of nitrogen functional groups attached to an aromatic ring is 1. The number of hydrogen-bond donors (Lipinski definition) is 3. The first-order valence-corrected chi connectivity index (χ1v) is 4.23. The smallest absolute Gasteiger partial charge is 0.405 e. The largest absolute Gasteiger partial charge is 0.478 e. The van der Waals surface area contributed by atoms with Gasteiger partial charge >= 0.3 is 12.1 Å². The van der Waals surface area contributed by atoms with Crippen LogP contribution in [0.1, 0.15) is 10.4 Å². The second kappa shape index (κ2) is 4.30. The molecular weight excluding hydrogens is 225 g/mol. The van der Waals surface area contributed by atoms with Crippen LogP contribution in [-0.2, 0) is 0 Å². The van der Waals surface area contributed by atoms with Gasteiger partial charge in [-0.15, -0.1) is 0 Å². The molecular formula is C9H9F3N2O2. The summed E-state index contributed by atoms with van der Waals surface area (Å²) in [6.45, 7) is -1.29. The van der Waals surface area contributed by atoms with Crippen LogP contribution in [0.2, 0.25) is 0 Å². The predicted octanol–water partition coefficient (Wildman–Crippen LogP) is 1.94. The maximum atomic E-state index is 11.9. The van der Waals surface area contributed by atoms with E-state index in [0.717, 1.165) is 6.07 Å². The van der Waals surface area contributed by atoms with Gasteiger partial charge in [-0.1, -0.05) is 0 Å². The van der Waals surface area contributed by atoms with Crippen LogP contribution in [0.25, 0.3) is 0 Å². The van der Waals surface area contributed by atoms with Crippen LogP contribution in [0, 0.1) is 0 Å². The van der Waals surface area contributed by atoms with Gasteiger partial charge in [-0.05, 0) is 18.2 Å². The molecule has 7 heteroatoms. The van der Waals surface area contributed by atoms with Crippen LogP contribution in [-0.4, -0.2) is 23.8 Å². The van der Waals surface area contributed by atoms with Gasteiger partial charge in [0.2, 0.25) is 0 Å². The molecule has 0 amide bonds. The Labute approximate surface area is 88.9 Å². The fourth-order valence-corrected chi connectivity index (χ4v) is 1.09. The molecule has 0 unspecified atom stereocenters. The molecule has 4 nitrogen and oxygen atoms in total. The van der Waals surface area contributed by atoms with E-state index in [1.807, 2.05) is 5.32 Å². The summed E-state index contributed by atoms with van der Waals surface area (Å²) in [4.78, 5) is 10.7. The summed E-state index contributed by atoms with van der Waals surface area (Å²) in [5, 5.41) is 10.7. The highest BCUT2D eigenvalue weighted by Gasteiger charge is 2.27. The summed E-state index contributed by atoms with van der Waals surface area (Å²) in [6.07, 6.45) is -4.41. The van der Waals surface area contributed by atoms with Crippen LogP contribution in [0.3, 0.4) is 0 Å². The highest BCUT2D eigenvalue weighted by molar-refractivity contribution is 5.95. The van der Waals surface area contributed by atoms with Crippen LogP contribution in [0.15, 0.2) is 18.2 Å². The molecule has 0 aliphatic rings. The molecule has 0 fully saturated rings. The summed E-state index contributed by atoms with van der Waals surface area (Å²) < 4.78 is 35.8. The minimum Gasteiger partial charge on any atom is -0.478 e. The first-order valence-electron chi connectivity index (χ1n) is 4.23. The molecule has 0 heterocycles. The quantitative estimate of drug-likeness (QED) is 0.698. The van der Waals surface area contributed by atoms with Crippen molar-refractivity contribution >= 4 is 17.3 Å². The van der Waals surface area contributed by atoms with Gasteiger partial charge in [0.15, 0.2) is 0 Å². The van der Waals surface area contributed by atoms with Crippen molar-refractivity contribution in [2.75, 3.05) is 17.6 Å². The number of carboxylic acids is 1. The molecule has 88 valence electrons.